The van der Waals surface area contributed by atoms with E-state index in [-0.39, 0.29) is 12.6 Å². The predicted molar refractivity (Wildman–Crippen MR) is 83.0 cm³/mol. The van der Waals surface area contributed by atoms with Crippen LogP contribution in [0, 0.1) is 11.8 Å². The molecule has 1 aromatic rings. The molecular formula is C15H20N2O3S. The van der Waals surface area contributed by atoms with E-state index in [1.54, 1.807) is 24.3 Å². The summed E-state index contributed by atoms with van der Waals surface area (Å²) in [6.07, 6.45) is 2.83. The van der Waals surface area contributed by atoms with Gasteiger partial charge in [0.25, 0.3) is 0 Å². The fraction of sp³-hybridized carbons (Fsp3) is 0.467. The van der Waals surface area contributed by atoms with Crippen LogP contribution in [-0.4, -0.2) is 37.0 Å². The first kappa shape index (κ1) is 15.8. The van der Waals surface area contributed by atoms with E-state index in [0.29, 0.717) is 17.8 Å². The van der Waals surface area contributed by atoms with Crippen LogP contribution in [0.3, 0.4) is 0 Å². The van der Waals surface area contributed by atoms with Gasteiger partial charge < -0.3 is 5.11 Å². The van der Waals surface area contributed by atoms with Crippen molar-refractivity contribution in [1.82, 2.24) is 4.31 Å². The monoisotopic (exact) mass is 308 g/mol. The Morgan fingerprint density at radius 1 is 1.38 bits per heavy atom. The molecule has 1 aliphatic heterocycles. The molecule has 1 heterocycles. The number of benzene rings is 1. The van der Waals surface area contributed by atoms with Gasteiger partial charge in [-0.1, -0.05) is 30.4 Å². The summed E-state index contributed by atoms with van der Waals surface area (Å²) in [6.45, 7) is 2.21. The summed E-state index contributed by atoms with van der Waals surface area (Å²) in [5.74, 6) is 5.29. The first-order valence-electron chi connectivity index (χ1n) is 7.03. The van der Waals surface area contributed by atoms with Crippen LogP contribution in [-0.2, 0) is 10.2 Å². The summed E-state index contributed by atoms with van der Waals surface area (Å²) in [4.78, 5) is 0. The summed E-state index contributed by atoms with van der Waals surface area (Å²) in [7, 11) is -3.58. The van der Waals surface area contributed by atoms with Gasteiger partial charge in [-0.2, -0.15) is 12.7 Å². The molecule has 2 N–H and O–H groups in total. The molecule has 0 spiro atoms. The average molecular weight is 308 g/mol. The van der Waals surface area contributed by atoms with Gasteiger partial charge >= 0.3 is 10.2 Å². The number of piperidine rings is 1. The van der Waals surface area contributed by atoms with E-state index in [0.717, 1.165) is 19.3 Å². The van der Waals surface area contributed by atoms with Crippen molar-refractivity contribution in [2.45, 2.75) is 32.2 Å². The molecule has 2 rings (SSSR count). The highest BCUT2D eigenvalue weighted by molar-refractivity contribution is 7.90. The van der Waals surface area contributed by atoms with Crippen LogP contribution in [0.4, 0.5) is 5.69 Å². The fourth-order valence-electron chi connectivity index (χ4n) is 2.44. The normalized spacial score (nSPS) is 19.6. The molecule has 0 saturated carbocycles. The molecule has 1 aliphatic rings. The standard InChI is InChI=1S/C15H20N2O3S/c1-13-7-4-5-11-17(13)21(19,20)16-15-10-3-2-8-14(15)9-6-12-18/h2-3,8,10,13,16,18H,4-5,7,11-12H2,1H3. The zero-order chi connectivity index (χ0) is 15.3. The van der Waals surface area contributed by atoms with Gasteiger partial charge in [0, 0.05) is 18.2 Å². The van der Waals surface area contributed by atoms with E-state index in [2.05, 4.69) is 16.6 Å². The van der Waals surface area contributed by atoms with Crippen molar-refractivity contribution in [3.05, 3.63) is 29.8 Å². The van der Waals surface area contributed by atoms with E-state index >= 15 is 0 Å². The van der Waals surface area contributed by atoms with Crippen molar-refractivity contribution in [3.63, 3.8) is 0 Å². The molecule has 6 heteroatoms. The quantitative estimate of drug-likeness (QED) is 0.833. The minimum Gasteiger partial charge on any atom is -0.384 e. The van der Waals surface area contributed by atoms with Crippen LogP contribution >= 0.6 is 0 Å². The van der Waals surface area contributed by atoms with Crippen LogP contribution in [0.1, 0.15) is 31.7 Å². The third kappa shape index (κ3) is 3.97. The van der Waals surface area contributed by atoms with E-state index in [9.17, 15) is 8.42 Å². The highest BCUT2D eigenvalue weighted by Crippen LogP contribution is 2.23. The summed E-state index contributed by atoms with van der Waals surface area (Å²) in [5, 5.41) is 8.77. The molecule has 0 radical (unpaired) electrons. The molecule has 0 amide bonds. The number of hydrogen-bond donors (Lipinski definition) is 2. The number of hydrogen-bond acceptors (Lipinski definition) is 3. The maximum Gasteiger partial charge on any atom is 0.301 e. The number of aliphatic hydroxyl groups excluding tert-OH is 1. The minimum absolute atomic E-state index is 0.00642. The Hall–Kier alpha value is -1.55. The van der Waals surface area contributed by atoms with E-state index < -0.39 is 10.2 Å². The van der Waals surface area contributed by atoms with E-state index in [1.807, 2.05) is 6.92 Å². The Balaban J connectivity index is 2.24. The third-order valence-electron chi connectivity index (χ3n) is 3.52. The first-order chi connectivity index (χ1) is 10.0. The molecule has 0 aliphatic carbocycles. The van der Waals surface area contributed by atoms with Gasteiger partial charge in [-0.25, -0.2) is 0 Å². The van der Waals surface area contributed by atoms with Gasteiger partial charge in [0.1, 0.15) is 6.61 Å². The van der Waals surface area contributed by atoms with Crippen molar-refractivity contribution in [2.75, 3.05) is 17.9 Å². The lowest BCUT2D eigenvalue weighted by Crippen LogP contribution is -2.44. The molecule has 1 saturated heterocycles. The number of anilines is 1. The molecule has 1 atom stereocenters. The van der Waals surface area contributed by atoms with Crippen LogP contribution in [0.2, 0.25) is 0 Å². The largest absolute Gasteiger partial charge is 0.384 e. The van der Waals surface area contributed by atoms with Crippen LogP contribution in [0.5, 0.6) is 0 Å². The van der Waals surface area contributed by atoms with Crippen molar-refractivity contribution in [3.8, 4) is 11.8 Å². The zero-order valence-corrected chi connectivity index (χ0v) is 12.9. The Labute approximate surface area is 126 Å². The zero-order valence-electron chi connectivity index (χ0n) is 12.0. The maximum atomic E-state index is 12.5. The second kappa shape index (κ2) is 6.94. The summed E-state index contributed by atoms with van der Waals surface area (Å²) in [6, 6.07) is 6.94. The molecule has 1 aromatic carbocycles. The average Bonchev–Trinajstić information content (AvgIpc) is 2.46. The lowest BCUT2D eigenvalue weighted by Gasteiger charge is -2.32. The molecule has 0 bridgehead atoms. The lowest BCUT2D eigenvalue weighted by atomic mass is 10.1. The Bertz CT molecular complexity index is 646. The molecule has 1 unspecified atom stereocenters. The number of nitrogens with zero attached hydrogens (tertiary/aromatic N) is 1. The second-order valence-electron chi connectivity index (χ2n) is 5.07. The Morgan fingerprint density at radius 2 is 2.14 bits per heavy atom. The number of rotatable bonds is 3. The van der Waals surface area contributed by atoms with Crippen LogP contribution in [0.15, 0.2) is 24.3 Å². The summed E-state index contributed by atoms with van der Waals surface area (Å²) in [5.41, 5.74) is 0.996. The van der Waals surface area contributed by atoms with Crippen molar-refractivity contribution in [1.29, 1.82) is 0 Å². The lowest BCUT2D eigenvalue weighted by molar-refractivity contribution is 0.270. The molecule has 21 heavy (non-hydrogen) atoms. The topological polar surface area (TPSA) is 69.6 Å². The summed E-state index contributed by atoms with van der Waals surface area (Å²) >= 11 is 0. The first-order valence-corrected chi connectivity index (χ1v) is 8.47. The van der Waals surface area contributed by atoms with Crippen molar-refractivity contribution in [2.24, 2.45) is 0 Å². The SMILES string of the molecule is CC1CCCCN1S(=O)(=O)Nc1ccccc1C#CCO. The fourth-order valence-corrected chi connectivity index (χ4v) is 3.96. The number of aliphatic hydroxyl groups is 1. The van der Waals surface area contributed by atoms with Gasteiger partial charge in [0.15, 0.2) is 0 Å². The minimum atomic E-state index is -3.58. The molecule has 0 aromatic heterocycles. The van der Waals surface area contributed by atoms with Gasteiger partial charge in [0.2, 0.25) is 0 Å². The van der Waals surface area contributed by atoms with Crippen LogP contribution < -0.4 is 4.72 Å². The van der Waals surface area contributed by atoms with Gasteiger partial charge in [-0.3, -0.25) is 4.72 Å². The second-order valence-corrected chi connectivity index (χ2v) is 6.69. The van der Waals surface area contributed by atoms with Gasteiger partial charge in [-0.05, 0) is 31.9 Å². The highest BCUT2D eigenvalue weighted by atomic mass is 32.2. The maximum absolute atomic E-state index is 12.5. The van der Waals surface area contributed by atoms with E-state index in [4.69, 9.17) is 5.11 Å². The third-order valence-corrected chi connectivity index (χ3v) is 5.16. The molecule has 5 nitrogen and oxygen atoms in total. The Kier molecular flexibility index (Phi) is 5.23. The van der Waals surface area contributed by atoms with Gasteiger partial charge in [0.05, 0.1) is 5.69 Å². The van der Waals surface area contributed by atoms with Gasteiger partial charge in [-0.15, -0.1) is 0 Å². The molecule has 1 fully saturated rings. The number of nitrogens with one attached hydrogen (secondary N) is 1. The Morgan fingerprint density at radius 3 is 2.86 bits per heavy atom. The highest BCUT2D eigenvalue weighted by Gasteiger charge is 2.29. The molecule has 114 valence electrons. The van der Waals surface area contributed by atoms with Crippen LogP contribution in [0.25, 0.3) is 0 Å². The predicted octanol–water partition coefficient (Wildman–Crippen LogP) is 1.56. The number of para-hydroxylation sites is 1. The van der Waals surface area contributed by atoms with E-state index in [1.165, 1.54) is 4.31 Å². The molecular weight excluding hydrogens is 288 g/mol. The smallest absolute Gasteiger partial charge is 0.301 e. The van der Waals surface area contributed by atoms with Crippen molar-refractivity contribution >= 4 is 15.9 Å². The van der Waals surface area contributed by atoms with Crippen molar-refractivity contribution < 1.29 is 13.5 Å². The summed E-state index contributed by atoms with van der Waals surface area (Å²) < 4.78 is 29.1.